The molecule has 0 bridgehead atoms. The number of nitrogens with one attached hydrogen (secondary N) is 1. The van der Waals surface area contributed by atoms with Crippen molar-refractivity contribution in [2.45, 2.75) is 40.3 Å². The third kappa shape index (κ3) is 5.16. The predicted octanol–water partition coefficient (Wildman–Crippen LogP) is 4.76. The van der Waals surface area contributed by atoms with E-state index in [0.29, 0.717) is 24.5 Å². The molecular formula is C23H26N2O4. The molecule has 0 aliphatic heterocycles. The van der Waals surface area contributed by atoms with Crippen molar-refractivity contribution in [2.24, 2.45) is 0 Å². The van der Waals surface area contributed by atoms with Gasteiger partial charge in [0.15, 0.2) is 0 Å². The Morgan fingerprint density at radius 3 is 2.24 bits per heavy atom. The van der Waals surface area contributed by atoms with Gasteiger partial charge in [-0.1, -0.05) is 17.3 Å². The van der Waals surface area contributed by atoms with Crippen molar-refractivity contribution in [3.8, 4) is 11.5 Å². The molecule has 0 fully saturated rings. The van der Waals surface area contributed by atoms with E-state index in [2.05, 4.69) is 10.5 Å². The Morgan fingerprint density at radius 2 is 1.66 bits per heavy atom. The van der Waals surface area contributed by atoms with Gasteiger partial charge in [-0.25, -0.2) is 0 Å². The number of ether oxygens (including phenoxy) is 2. The fraction of sp³-hybridized carbons (Fsp3) is 0.304. The highest BCUT2D eigenvalue weighted by Gasteiger charge is 2.13. The summed E-state index contributed by atoms with van der Waals surface area (Å²) in [4.78, 5) is 12.5. The zero-order valence-electron chi connectivity index (χ0n) is 17.2. The number of hydrogen-bond acceptors (Lipinski definition) is 5. The summed E-state index contributed by atoms with van der Waals surface area (Å²) in [5.41, 5.74) is 3.35. The summed E-state index contributed by atoms with van der Waals surface area (Å²) in [5.74, 6) is 2.12. The van der Waals surface area contributed by atoms with Crippen molar-refractivity contribution in [2.75, 3.05) is 6.61 Å². The summed E-state index contributed by atoms with van der Waals surface area (Å²) in [6.45, 7) is 8.65. The number of carbonyl (C=O) groups excluding carboxylic acids is 1. The van der Waals surface area contributed by atoms with Gasteiger partial charge in [-0.05, 0) is 69.7 Å². The van der Waals surface area contributed by atoms with Gasteiger partial charge in [-0.3, -0.25) is 4.79 Å². The van der Waals surface area contributed by atoms with E-state index in [1.165, 1.54) is 0 Å². The van der Waals surface area contributed by atoms with Gasteiger partial charge in [0.2, 0.25) is 0 Å². The second-order valence-corrected chi connectivity index (χ2v) is 6.81. The van der Waals surface area contributed by atoms with Crippen molar-refractivity contribution in [3.05, 3.63) is 76.7 Å². The van der Waals surface area contributed by atoms with Gasteiger partial charge in [0.25, 0.3) is 5.91 Å². The number of hydrogen-bond donors (Lipinski definition) is 1. The Bertz CT molecular complexity index is 927. The minimum atomic E-state index is -0.136. The average Bonchev–Trinajstić information content (AvgIpc) is 3.05. The molecule has 0 aliphatic carbocycles. The molecule has 0 saturated heterocycles. The predicted molar refractivity (Wildman–Crippen MR) is 110 cm³/mol. The van der Waals surface area contributed by atoms with E-state index in [-0.39, 0.29) is 11.9 Å². The van der Waals surface area contributed by atoms with E-state index in [1.54, 1.807) is 24.3 Å². The fourth-order valence-corrected chi connectivity index (χ4v) is 2.95. The topological polar surface area (TPSA) is 73.6 Å². The summed E-state index contributed by atoms with van der Waals surface area (Å²) in [5, 5.41) is 6.93. The molecule has 1 atom stereocenters. The van der Waals surface area contributed by atoms with Crippen LogP contribution in [0.25, 0.3) is 0 Å². The van der Waals surface area contributed by atoms with Gasteiger partial charge in [0.05, 0.1) is 23.9 Å². The lowest BCUT2D eigenvalue weighted by atomic mass is 10.1. The van der Waals surface area contributed by atoms with E-state index in [9.17, 15) is 4.79 Å². The highest BCUT2D eigenvalue weighted by Crippen LogP contribution is 2.20. The third-order valence-electron chi connectivity index (χ3n) is 4.72. The number of rotatable bonds is 8. The van der Waals surface area contributed by atoms with Gasteiger partial charge in [-0.2, -0.15) is 0 Å². The first-order valence-electron chi connectivity index (χ1n) is 9.66. The largest absolute Gasteiger partial charge is 0.494 e. The maximum atomic E-state index is 12.5. The first kappa shape index (κ1) is 20.5. The molecule has 2 aromatic carbocycles. The van der Waals surface area contributed by atoms with Crippen molar-refractivity contribution in [1.82, 2.24) is 10.5 Å². The van der Waals surface area contributed by atoms with Crippen LogP contribution in [0.1, 0.15) is 52.8 Å². The summed E-state index contributed by atoms with van der Waals surface area (Å²) in [6.07, 6.45) is 0. The molecule has 0 spiro atoms. The zero-order chi connectivity index (χ0) is 20.8. The Balaban J connectivity index is 1.56. The number of amides is 1. The molecule has 1 amide bonds. The Kier molecular flexibility index (Phi) is 6.54. The molecule has 1 heterocycles. The molecule has 0 aliphatic rings. The molecule has 29 heavy (non-hydrogen) atoms. The van der Waals surface area contributed by atoms with E-state index in [4.69, 9.17) is 14.0 Å². The Hall–Kier alpha value is -3.28. The number of carbonyl (C=O) groups is 1. The number of nitrogens with zero attached hydrogens (tertiary/aromatic N) is 1. The molecule has 1 N–H and O–H groups in total. The van der Waals surface area contributed by atoms with E-state index < -0.39 is 0 Å². The van der Waals surface area contributed by atoms with Crippen molar-refractivity contribution in [3.63, 3.8) is 0 Å². The van der Waals surface area contributed by atoms with Crippen LogP contribution < -0.4 is 14.8 Å². The highest BCUT2D eigenvalue weighted by molar-refractivity contribution is 5.94. The Labute approximate surface area is 170 Å². The second kappa shape index (κ2) is 9.28. The third-order valence-corrected chi connectivity index (χ3v) is 4.72. The first-order valence-corrected chi connectivity index (χ1v) is 9.66. The minimum absolute atomic E-state index is 0.117. The monoisotopic (exact) mass is 394 g/mol. The number of benzene rings is 2. The van der Waals surface area contributed by atoms with Crippen LogP contribution in [-0.4, -0.2) is 17.7 Å². The molecule has 6 heteroatoms. The van der Waals surface area contributed by atoms with Crippen molar-refractivity contribution in [1.29, 1.82) is 0 Å². The zero-order valence-corrected chi connectivity index (χ0v) is 17.2. The van der Waals surface area contributed by atoms with Crippen LogP contribution in [-0.2, 0) is 6.61 Å². The SMILES string of the molecule is CCOc1ccc(C(C)NC(=O)c2ccc(OCc3c(C)noc3C)cc2)cc1. The minimum Gasteiger partial charge on any atom is -0.494 e. The maximum Gasteiger partial charge on any atom is 0.251 e. The lowest BCUT2D eigenvalue weighted by Crippen LogP contribution is -2.26. The standard InChI is InChI=1S/C23H26N2O4/c1-5-27-20-10-6-18(7-11-20)15(2)24-23(26)19-8-12-21(13-9-19)28-14-22-16(3)25-29-17(22)4/h6-13,15H,5,14H2,1-4H3,(H,24,26). The maximum absolute atomic E-state index is 12.5. The lowest BCUT2D eigenvalue weighted by Gasteiger charge is -2.15. The molecule has 1 aromatic heterocycles. The van der Waals surface area contributed by atoms with E-state index in [0.717, 1.165) is 28.3 Å². The van der Waals surface area contributed by atoms with Crippen molar-refractivity contribution < 1.29 is 18.8 Å². The molecule has 0 saturated carbocycles. The van der Waals surface area contributed by atoms with Crippen LogP contribution in [0.15, 0.2) is 53.1 Å². The van der Waals surface area contributed by atoms with Crippen LogP contribution in [0.2, 0.25) is 0 Å². The first-order chi connectivity index (χ1) is 14.0. The lowest BCUT2D eigenvalue weighted by molar-refractivity contribution is 0.0940. The molecule has 0 radical (unpaired) electrons. The van der Waals surface area contributed by atoms with Gasteiger partial charge in [0.1, 0.15) is 23.9 Å². The molecule has 3 rings (SSSR count). The van der Waals surface area contributed by atoms with Crippen LogP contribution in [0.4, 0.5) is 0 Å². The van der Waals surface area contributed by atoms with E-state index in [1.807, 2.05) is 52.0 Å². The van der Waals surface area contributed by atoms with E-state index >= 15 is 0 Å². The van der Waals surface area contributed by atoms with Gasteiger partial charge in [0, 0.05) is 5.56 Å². The normalized spacial score (nSPS) is 11.7. The van der Waals surface area contributed by atoms with Crippen LogP contribution in [0.5, 0.6) is 11.5 Å². The number of aromatic nitrogens is 1. The van der Waals surface area contributed by atoms with Crippen LogP contribution in [0.3, 0.4) is 0 Å². The van der Waals surface area contributed by atoms with Gasteiger partial charge in [-0.15, -0.1) is 0 Å². The quantitative estimate of drug-likeness (QED) is 0.596. The molecule has 152 valence electrons. The van der Waals surface area contributed by atoms with Crippen LogP contribution in [0, 0.1) is 13.8 Å². The number of aryl methyl sites for hydroxylation is 2. The highest BCUT2D eigenvalue weighted by atomic mass is 16.5. The van der Waals surface area contributed by atoms with Crippen LogP contribution >= 0.6 is 0 Å². The second-order valence-electron chi connectivity index (χ2n) is 6.81. The smallest absolute Gasteiger partial charge is 0.251 e. The molecule has 6 nitrogen and oxygen atoms in total. The molecule has 3 aromatic rings. The molecule has 1 unspecified atom stereocenters. The summed E-state index contributed by atoms with van der Waals surface area (Å²) >= 11 is 0. The molecular weight excluding hydrogens is 368 g/mol. The summed E-state index contributed by atoms with van der Waals surface area (Å²) < 4.78 is 16.4. The average molecular weight is 394 g/mol. The summed E-state index contributed by atoms with van der Waals surface area (Å²) in [6, 6.07) is 14.7. The fourth-order valence-electron chi connectivity index (χ4n) is 2.95. The Morgan fingerprint density at radius 1 is 1.03 bits per heavy atom. The van der Waals surface area contributed by atoms with Crippen molar-refractivity contribution >= 4 is 5.91 Å². The summed E-state index contributed by atoms with van der Waals surface area (Å²) in [7, 11) is 0. The van der Waals surface area contributed by atoms with Gasteiger partial charge >= 0.3 is 0 Å². The van der Waals surface area contributed by atoms with Gasteiger partial charge < -0.3 is 19.3 Å².